The molecule has 1 aromatic rings. The fourth-order valence-corrected chi connectivity index (χ4v) is 4.35. The van der Waals surface area contributed by atoms with Gasteiger partial charge in [0.15, 0.2) is 0 Å². The van der Waals surface area contributed by atoms with Crippen LogP contribution in [0.5, 0.6) is 0 Å². The molecule has 2 fully saturated rings. The maximum Gasteiger partial charge on any atom is 0.241 e. The third-order valence-corrected chi connectivity index (χ3v) is 5.54. The molecule has 2 heterocycles. The molecule has 1 aliphatic carbocycles. The zero-order valence-corrected chi connectivity index (χ0v) is 13.3. The minimum atomic E-state index is -0.0345. The lowest BCUT2D eigenvalue weighted by Gasteiger charge is -2.32. The Morgan fingerprint density at radius 3 is 2.75 bits per heavy atom. The summed E-state index contributed by atoms with van der Waals surface area (Å²) in [5, 5.41) is 7.84. The maximum atomic E-state index is 12.9. The number of hydrogen-bond donors (Lipinski definition) is 1. The van der Waals surface area contributed by atoms with Gasteiger partial charge < -0.3 is 4.90 Å². The largest absolute Gasteiger partial charge is 0.318 e. The first kappa shape index (κ1) is 14.1. The van der Waals surface area contributed by atoms with Crippen LogP contribution in [-0.4, -0.2) is 22.9 Å². The van der Waals surface area contributed by atoms with Crippen molar-refractivity contribution in [3.8, 4) is 0 Å². The molecule has 2 aliphatic rings. The molecule has 1 aromatic heterocycles. The van der Waals surface area contributed by atoms with E-state index in [1.165, 1.54) is 18.4 Å². The van der Waals surface area contributed by atoms with Crippen molar-refractivity contribution >= 4 is 17.2 Å². The van der Waals surface area contributed by atoms with Gasteiger partial charge in [0.25, 0.3) is 0 Å². The number of carbonyl (C=O) groups excluding carboxylic acids is 1. The summed E-state index contributed by atoms with van der Waals surface area (Å²) in [4.78, 5) is 15.0. The number of amides is 1. The third-order valence-electron chi connectivity index (χ3n) is 4.84. The van der Waals surface area contributed by atoms with Crippen LogP contribution >= 0.6 is 11.3 Å². The number of thiophene rings is 1. The molecule has 20 heavy (non-hydrogen) atoms. The molecule has 4 atom stereocenters. The van der Waals surface area contributed by atoms with Crippen molar-refractivity contribution in [1.82, 2.24) is 10.2 Å². The Hall–Kier alpha value is -0.870. The Kier molecular flexibility index (Phi) is 3.87. The zero-order valence-electron chi connectivity index (χ0n) is 12.5. The highest BCUT2D eigenvalue weighted by atomic mass is 32.1. The number of nitrogens with one attached hydrogen (secondary N) is 1. The van der Waals surface area contributed by atoms with Crippen molar-refractivity contribution in [1.29, 1.82) is 0 Å². The zero-order chi connectivity index (χ0) is 14.3. The molecule has 1 saturated heterocycles. The first-order chi connectivity index (χ1) is 9.59. The smallest absolute Gasteiger partial charge is 0.241 e. The van der Waals surface area contributed by atoms with Crippen molar-refractivity contribution in [2.45, 2.75) is 58.3 Å². The van der Waals surface area contributed by atoms with Crippen LogP contribution < -0.4 is 5.32 Å². The first-order valence-corrected chi connectivity index (χ1v) is 8.64. The van der Waals surface area contributed by atoms with E-state index in [9.17, 15) is 4.79 Å². The third kappa shape index (κ3) is 2.29. The molecule has 0 spiro atoms. The highest BCUT2D eigenvalue weighted by Crippen LogP contribution is 2.38. The summed E-state index contributed by atoms with van der Waals surface area (Å²) in [5.74, 6) is 1.26. The molecule has 1 saturated carbocycles. The average molecular weight is 292 g/mol. The second kappa shape index (κ2) is 5.49. The Morgan fingerprint density at radius 1 is 1.40 bits per heavy atom. The monoisotopic (exact) mass is 292 g/mol. The summed E-state index contributed by atoms with van der Waals surface area (Å²) in [6.07, 6.45) is 3.72. The summed E-state index contributed by atoms with van der Waals surface area (Å²) in [6.45, 7) is 6.54. The quantitative estimate of drug-likeness (QED) is 0.926. The number of rotatable bonds is 3. The number of nitrogens with zero attached hydrogens (tertiary/aromatic N) is 1. The molecular formula is C16H24N2OS. The van der Waals surface area contributed by atoms with Crippen LogP contribution in [0.3, 0.4) is 0 Å². The summed E-state index contributed by atoms with van der Waals surface area (Å²) in [6, 6.07) is 2.52. The van der Waals surface area contributed by atoms with Gasteiger partial charge in [-0.3, -0.25) is 10.1 Å². The number of hydrogen-bond acceptors (Lipinski definition) is 3. The van der Waals surface area contributed by atoms with Crippen LogP contribution in [0.4, 0.5) is 0 Å². The fourth-order valence-electron chi connectivity index (χ4n) is 3.67. The Bertz CT molecular complexity index is 471. The van der Waals surface area contributed by atoms with E-state index in [2.05, 4.69) is 47.8 Å². The number of carbonyl (C=O) groups is 1. The van der Waals surface area contributed by atoms with E-state index in [4.69, 9.17) is 0 Å². The van der Waals surface area contributed by atoms with E-state index in [0.29, 0.717) is 23.8 Å². The summed E-state index contributed by atoms with van der Waals surface area (Å²) in [7, 11) is 0. The van der Waals surface area contributed by atoms with E-state index in [0.717, 1.165) is 6.42 Å². The molecule has 3 nitrogen and oxygen atoms in total. The molecule has 110 valence electrons. The van der Waals surface area contributed by atoms with E-state index in [1.54, 1.807) is 11.3 Å². The Balaban J connectivity index is 1.92. The van der Waals surface area contributed by atoms with Crippen LogP contribution in [0.2, 0.25) is 0 Å². The predicted octanol–water partition coefficient (Wildman–Crippen LogP) is 3.39. The van der Waals surface area contributed by atoms with Gasteiger partial charge in [-0.15, -0.1) is 0 Å². The summed E-state index contributed by atoms with van der Waals surface area (Å²) in [5.41, 5.74) is 1.24. The van der Waals surface area contributed by atoms with Gasteiger partial charge in [-0.25, -0.2) is 0 Å². The van der Waals surface area contributed by atoms with Gasteiger partial charge in [-0.2, -0.15) is 11.3 Å². The van der Waals surface area contributed by atoms with Crippen molar-refractivity contribution in [3.63, 3.8) is 0 Å². The molecule has 0 radical (unpaired) electrons. The SMILES string of the molecule is CC(C)C1NC(c2ccsc2)N(C2CCCC2C)C1=O. The van der Waals surface area contributed by atoms with Crippen molar-refractivity contribution in [2.24, 2.45) is 11.8 Å². The molecule has 1 amide bonds. The highest BCUT2D eigenvalue weighted by molar-refractivity contribution is 7.07. The fraction of sp³-hybridized carbons (Fsp3) is 0.688. The molecule has 4 unspecified atom stereocenters. The lowest BCUT2D eigenvalue weighted by atomic mass is 10.0. The van der Waals surface area contributed by atoms with Crippen molar-refractivity contribution in [2.75, 3.05) is 0 Å². The Labute approximate surface area is 125 Å². The first-order valence-electron chi connectivity index (χ1n) is 7.70. The van der Waals surface area contributed by atoms with Gasteiger partial charge >= 0.3 is 0 Å². The van der Waals surface area contributed by atoms with Gasteiger partial charge in [0.1, 0.15) is 6.17 Å². The molecule has 3 rings (SSSR count). The minimum Gasteiger partial charge on any atom is -0.318 e. The van der Waals surface area contributed by atoms with Gasteiger partial charge in [0.05, 0.1) is 6.04 Å². The van der Waals surface area contributed by atoms with Gasteiger partial charge in [-0.05, 0) is 47.1 Å². The summed E-state index contributed by atoms with van der Waals surface area (Å²) >= 11 is 1.70. The molecule has 0 bridgehead atoms. The second-order valence-corrected chi connectivity index (χ2v) is 7.35. The standard InChI is InChI=1S/C16H24N2OS/c1-10(2)14-16(19)18(13-6-4-5-11(13)3)15(17-14)12-7-8-20-9-12/h7-11,13-15,17H,4-6H2,1-3H3. The molecule has 4 heteroatoms. The topological polar surface area (TPSA) is 32.3 Å². The molecule has 1 aliphatic heterocycles. The predicted molar refractivity (Wildman–Crippen MR) is 82.5 cm³/mol. The van der Waals surface area contributed by atoms with Gasteiger partial charge in [0, 0.05) is 6.04 Å². The van der Waals surface area contributed by atoms with E-state index in [-0.39, 0.29) is 12.2 Å². The van der Waals surface area contributed by atoms with Crippen LogP contribution in [0.15, 0.2) is 16.8 Å². The van der Waals surface area contributed by atoms with Crippen LogP contribution in [-0.2, 0) is 4.79 Å². The van der Waals surface area contributed by atoms with E-state index >= 15 is 0 Å². The Morgan fingerprint density at radius 2 is 2.20 bits per heavy atom. The minimum absolute atomic E-state index is 0.0345. The van der Waals surface area contributed by atoms with Crippen molar-refractivity contribution < 1.29 is 4.79 Å². The van der Waals surface area contributed by atoms with Gasteiger partial charge in [0.2, 0.25) is 5.91 Å². The maximum absolute atomic E-state index is 12.9. The van der Waals surface area contributed by atoms with Gasteiger partial charge in [-0.1, -0.05) is 27.2 Å². The summed E-state index contributed by atoms with van der Waals surface area (Å²) < 4.78 is 0. The highest BCUT2D eigenvalue weighted by Gasteiger charge is 2.46. The molecule has 0 aromatic carbocycles. The lowest BCUT2D eigenvalue weighted by molar-refractivity contribution is -0.133. The van der Waals surface area contributed by atoms with Crippen molar-refractivity contribution in [3.05, 3.63) is 22.4 Å². The van der Waals surface area contributed by atoms with E-state index < -0.39 is 0 Å². The average Bonchev–Trinajstić information content (AvgIpc) is 3.08. The molecular weight excluding hydrogens is 268 g/mol. The second-order valence-electron chi connectivity index (χ2n) is 6.57. The van der Waals surface area contributed by atoms with Crippen LogP contribution in [0, 0.1) is 11.8 Å². The molecule has 1 N–H and O–H groups in total. The lowest BCUT2D eigenvalue weighted by Crippen LogP contribution is -2.42. The van der Waals surface area contributed by atoms with E-state index in [1.807, 2.05) is 0 Å². The normalized spacial score (nSPS) is 34.4. The van der Waals surface area contributed by atoms with Crippen LogP contribution in [0.1, 0.15) is 51.8 Å². The van der Waals surface area contributed by atoms with Crippen LogP contribution in [0.25, 0.3) is 0 Å².